The lowest BCUT2D eigenvalue weighted by Crippen LogP contribution is -2.55. The number of hydrogen-bond donors (Lipinski definition) is 0. The molecule has 1 rings (SSSR count). The standard InChI is InChI=1S/C11H19INO/c1-2-3-6-13(7-4-5-12)8-10-14-11-9-13/h2-3,6-11H2,1H3/q+1. The molecule has 0 saturated carbocycles. The Morgan fingerprint density at radius 2 is 2.07 bits per heavy atom. The van der Waals surface area contributed by atoms with Gasteiger partial charge in [0, 0.05) is 22.6 Å². The molecule has 0 bridgehead atoms. The Morgan fingerprint density at radius 3 is 2.64 bits per heavy atom. The van der Waals surface area contributed by atoms with Crippen molar-refractivity contribution in [1.82, 2.24) is 0 Å². The van der Waals surface area contributed by atoms with Gasteiger partial charge < -0.3 is 9.22 Å². The fraction of sp³-hybridized carbons (Fsp3) is 0.818. The van der Waals surface area contributed by atoms with E-state index in [4.69, 9.17) is 4.74 Å². The fourth-order valence-corrected chi connectivity index (χ4v) is 2.05. The van der Waals surface area contributed by atoms with Gasteiger partial charge in [-0.3, -0.25) is 0 Å². The van der Waals surface area contributed by atoms with Gasteiger partial charge in [0.05, 0.1) is 19.8 Å². The Balaban J connectivity index is 2.50. The van der Waals surface area contributed by atoms with Gasteiger partial charge in [0.1, 0.15) is 19.6 Å². The molecule has 1 aliphatic heterocycles. The molecule has 0 aromatic rings. The Hall–Kier alpha value is 0.210. The Morgan fingerprint density at radius 1 is 1.36 bits per heavy atom. The van der Waals surface area contributed by atoms with Crippen LogP contribution in [-0.4, -0.2) is 43.9 Å². The Kier molecular flexibility index (Phi) is 5.83. The molecular weight excluding hydrogens is 289 g/mol. The minimum Gasteiger partial charge on any atom is -0.370 e. The van der Waals surface area contributed by atoms with Gasteiger partial charge >= 0.3 is 0 Å². The molecule has 0 radical (unpaired) electrons. The second-order valence-corrected chi connectivity index (χ2v) is 4.45. The molecule has 0 atom stereocenters. The molecule has 1 saturated heterocycles. The van der Waals surface area contributed by atoms with E-state index >= 15 is 0 Å². The molecule has 2 nitrogen and oxygen atoms in total. The van der Waals surface area contributed by atoms with E-state index in [0.29, 0.717) is 0 Å². The van der Waals surface area contributed by atoms with Crippen molar-refractivity contribution in [2.75, 3.05) is 39.4 Å². The third kappa shape index (κ3) is 3.76. The topological polar surface area (TPSA) is 9.23 Å². The summed E-state index contributed by atoms with van der Waals surface area (Å²) >= 11 is 2.13. The molecule has 3 heteroatoms. The first-order valence-electron chi connectivity index (χ1n) is 5.34. The van der Waals surface area contributed by atoms with Gasteiger partial charge in [-0.05, 0) is 16.3 Å². The van der Waals surface area contributed by atoms with Crippen LogP contribution < -0.4 is 0 Å². The minimum atomic E-state index is 0.909. The molecule has 1 aliphatic rings. The number of morpholine rings is 1. The quantitative estimate of drug-likeness (QED) is 0.439. The average molecular weight is 308 g/mol. The van der Waals surface area contributed by atoms with Crippen molar-refractivity contribution in [3.8, 4) is 9.85 Å². The molecule has 0 unspecified atom stereocenters. The molecular formula is C11H19INO+. The monoisotopic (exact) mass is 308 g/mol. The lowest BCUT2D eigenvalue weighted by Gasteiger charge is -2.39. The summed E-state index contributed by atoms with van der Waals surface area (Å²) in [6, 6.07) is 0. The first-order chi connectivity index (χ1) is 6.83. The number of unbranched alkanes of at least 4 members (excludes halogenated alkanes) is 1. The predicted molar refractivity (Wildman–Crippen MR) is 67.3 cm³/mol. The zero-order chi connectivity index (χ0) is 10.3. The van der Waals surface area contributed by atoms with Crippen molar-refractivity contribution in [2.24, 2.45) is 0 Å². The van der Waals surface area contributed by atoms with Crippen molar-refractivity contribution >= 4 is 22.6 Å². The number of ether oxygens (including phenoxy) is 1. The van der Waals surface area contributed by atoms with Crippen molar-refractivity contribution in [1.29, 1.82) is 0 Å². The van der Waals surface area contributed by atoms with Crippen LogP contribution in [0, 0.1) is 9.85 Å². The zero-order valence-electron chi connectivity index (χ0n) is 8.89. The number of nitrogens with zero attached hydrogens (tertiary/aromatic N) is 1. The highest BCUT2D eigenvalue weighted by Gasteiger charge is 2.28. The number of hydrogen-bond acceptors (Lipinski definition) is 1. The van der Waals surface area contributed by atoms with E-state index in [0.717, 1.165) is 37.3 Å². The fourth-order valence-electron chi connectivity index (χ4n) is 1.88. The predicted octanol–water partition coefficient (Wildman–Crippen LogP) is 2.03. The van der Waals surface area contributed by atoms with Crippen LogP contribution in [0.15, 0.2) is 0 Å². The van der Waals surface area contributed by atoms with Crippen molar-refractivity contribution in [2.45, 2.75) is 19.8 Å². The van der Waals surface area contributed by atoms with Crippen LogP contribution in [0.1, 0.15) is 19.8 Å². The average Bonchev–Trinajstić information content (AvgIpc) is 2.25. The maximum Gasteiger partial charge on any atom is 0.141 e. The number of quaternary nitrogens is 1. The number of rotatable bonds is 4. The summed E-state index contributed by atoms with van der Waals surface area (Å²) in [6.45, 7) is 8.63. The van der Waals surface area contributed by atoms with E-state index in [1.807, 2.05) is 0 Å². The van der Waals surface area contributed by atoms with Gasteiger partial charge in [-0.1, -0.05) is 13.3 Å². The van der Waals surface area contributed by atoms with E-state index in [-0.39, 0.29) is 0 Å². The molecule has 0 aliphatic carbocycles. The van der Waals surface area contributed by atoms with E-state index < -0.39 is 0 Å². The van der Waals surface area contributed by atoms with E-state index in [9.17, 15) is 0 Å². The summed E-state index contributed by atoms with van der Waals surface area (Å²) < 4.78 is 9.56. The molecule has 1 fully saturated rings. The highest BCUT2D eigenvalue weighted by Crippen LogP contribution is 2.12. The molecule has 0 amide bonds. The zero-order valence-corrected chi connectivity index (χ0v) is 11.0. The van der Waals surface area contributed by atoms with Crippen molar-refractivity contribution in [3.63, 3.8) is 0 Å². The third-order valence-corrected chi connectivity index (χ3v) is 3.27. The first kappa shape index (κ1) is 12.3. The Labute approximate surface area is 101 Å². The molecule has 1 heterocycles. The lowest BCUT2D eigenvalue weighted by atomic mass is 10.2. The molecule has 80 valence electrons. The van der Waals surface area contributed by atoms with Crippen LogP contribution in [0.25, 0.3) is 0 Å². The second kappa shape index (κ2) is 6.65. The summed E-state index contributed by atoms with van der Waals surface area (Å²) in [5, 5.41) is 0. The smallest absolute Gasteiger partial charge is 0.141 e. The van der Waals surface area contributed by atoms with Gasteiger partial charge in [-0.2, -0.15) is 0 Å². The SMILES string of the molecule is CCCC[N+]1(CC#CI)CCOCC1. The van der Waals surface area contributed by atoms with Crippen LogP contribution in [-0.2, 0) is 4.74 Å². The van der Waals surface area contributed by atoms with Gasteiger partial charge in [0.15, 0.2) is 0 Å². The summed E-state index contributed by atoms with van der Waals surface area (Å²) in [7, 11) is 0. The normalized spacial score (nSPS) is 19.9. The maximum absolute atomic E-state index is 5.42. The van der Waals surface area contributed by atoms with Crippen LogP contribution in [0.4, 0.5) is 0 Å². The van der Waals surface area contributed by atoms with Crippen LogP contribution in [0.5, 0.6) is 0 Å². The van der Waals surface area contributed by atoms with Gasteiger partial charge in [-0.15, -0.1) is 0 Å². The summed E-state index contributed by atoms with van der Waals surface area (Å²) in [4.78, 5) is 0. The third-order valence-electron chi connectivity index (χ3n) is 2.89. The van der Waals surface area contributed by atoms with Crippen LogP contribution in [0.2, 0.25) is 0 Å². The first-order valence-corrected chi connectivity index (χ1v) is 6.42. The van der Waals surface area contributed by atoms with Crippen molar-refractivity contribution in [3.05, 3.63) is 0 Å². The maximum atomic E-state index is 5.42. The minimum absolute atomic E-state index is 0.909. The van der Waals surface area contributed by atoms with E-state index in [2.05, 4.69) is 39.4 Å². The molecule has 0 aromatic heterocycles. The summed E-state index contributed by atoms with van der Waals surface area (Å²) in [6.07, 6.45) is 2.58. The largest absolute Gasteiger partial charge is 0.370 e. The van der Waals surface area contributed by atoms with Crippen molar-refractivity contribution < 1.29 is 9.22 Å². The molecule has 0 spiro atoms. The molecule has 14 heavy (non-hydrogen) atoms. The molecule has 0 aromatic carbocycles. The van der Waals surface area contributed by atoms with Gasteiger partial charge in [0.25, 0.3) is 0 Å². The highest BCUT2D eigenvalue weighted by molar-refractivity contribution is 14.1. The van der Waals surface area contributed by atoms with Gasteiger partial charge in [0.2, 0.25) is 0 Å². The van der Waals surface area contributed by atoms with Gasteiger partial charge in [-0.25, -0.2) is 0 Å². The summed E-state index contributed by atoms with van der Waals surface area (Å²) in [5.74, 6) is 3.22. The number of halogens is 1. The van der Waals surface area contributed by atoms with E-state index in [1.54, 1.807) is 0 Å². The summed E-state index contributed by atoms with van der Waals surface area (Å²) in [5.41, 5.74) is 0. The Bertz CT molecular complexity index is 213. The van der Waals surface area contributed by atoms with Crippen LogP contribution in [0.3, 0.4) is 0 Å². The molecule has 0 N–H and O–H groups in total. The lowest BCUT2D eigenvalue weighted by molar-refractivity contribution is -0.928. The highest BCUT2D eigenvalue weighted by atomic mass is 127. The van der Waals surface area contributed by atoms with Crippen LogP contribution >= 0.6 is 22.6 Å². The van der Waals surface area contributed by atoms with E-state index in [1.165, 1.54) is 19.4 Å². The second-order valence-electron chi connectivity index (χ2n) is 3.91.